The lowest BCUT2D eigenvalue weighted by Crippen LogP contribution is -2.29. The van der Waals surface area contributed by atoms with Gasteiger partial charge in [0.25, 0.3) is 0 Å². The van der Waals surface area contributed by atoms with E-state index in [1.165, 1.54) is 19.9 Å². The number of rotatable bonds is 2. The molecule has 47 heavy (non-hydrogen) atoms. The molecule has 240 valence electrons. The van der Waals surface area contributed by atoms with Gasteiger partial charge in [-0.05, 0) is 64.1 Å². The number of furan rings is 2. The van der Waals surface area contributed by atoms with E-state index >= 15 is 0 Å². The summed E-state index contributed by atoms with van der Waals surface area (Å²) >= 11 is 8.15. The minimum atomic E-state index is -1.51. The molecule has 2 aromatic heterocycles. The lowest BCUT2D eigenvalue weighted by Gasteiger charge is -2.01. The van der Waals surface area contributed by atoms with E-state index < -0.39 is 7.12 Å². The van der Waals surface area contributed by atoms with Gasteiger partial charge in [-0.25, -0.2) is 0 Å². The van der Waals surface area contributed by atoms with E-state index in [0.29, 0.717) is 11.0 Å². The smallest absolute Gasteiger partial charge is 0.456 e. The highest BCUT2D eigenvalue weighted by atomic mass is 127. The SMILES string of the molecule is C.CBr.CBr.Ic1ccccc1.OB(O)c1cccc2c1oc1ccccc12.c1ccc(-c2cccc3c2oc2ccccc23)cc1. The van der Waals surface area contributed by atoms with Crippen molar-refractivity contribution in [2.24, 2.45) is 0 Å². The second-order valence-corrected chi connectivity index (χ2v) is 10.9. The van der Waals surface area contributed by atoms with Crippen molar-refractivity contribution in [2.75, 3.05) is 11.7 Å². The molecule has 4 nitrogen and oxygen atoms in total. The van der Waals surface area contributed by atoms with Gasteiger partial charge in [0.1, 0.15) is 22.3 Å². The van der Waals surface area contributed by atoms with Crippen molar-refractivity contribution in [1.29, 1.82) is 0 Å². The summed E-state index contributed by atoms with van der Waals surface area (Å²) in [5, 5.41) is 22.7. The van der Waals surface area contributed by atoms with E-state index in [-0.39, 0.29) is 7.43 Å². The maximum absolute atomic E-state index is 9.24. The Balaban J connectivity index is 0.000000194. The van der Waals surface area contributed by atoms with Crippen molar-refractivity contribution in [3.05, 3.63) is 149 Å². The Hall–Kier alpha value is -3.41. The second-order valence-electron chi connectivity index (χ2n) is 9.64. The molecule has 8 aromatic rings. The van der Waals surface area contributed by atoms with Crippen molar-refractivity contribution < 1.29 is 18.9 Å². The van der Waals surface area contributed by atoms with Crippen molar-refractivity contribution in [2.45, 2.75) is 7.43 Å². The van der Waals surface area contributed by atoms with E-state index in [1.807, 2.05) is 84.5 Å². The molecule has 8 rings (SSSR count). The molecule has 0 fully saturated rings. The third-order valence-corrected chi connectivity index (χ3v) is 7.65. The van der Waals surface area contributed by atoms with Crippen LogP contribution in [0.1, 0.15) is 7.43 Å². The first kappa shape index (κ1) is 38.0. The summed E-state index contributed by atoms with van der Waals surface area (Å²) in [6, 6.07) is 48.1. The largest absolute Gasteiger partial charge is 0.492 e. The van der Waals surface area contributed by atoms with Crippen molar-refractivity contribution in [1.82, 2.24) is 0 Å². The Labute approximate surface area is 307 Å². The Bertz CT molecular complexity index is 2100. The Morgan fingerprint density at radius 2 is 0.915 bits per heavy atom. The van der Waals surface area contributed by atoms with Crippen molar-refractivity contribution in [3.8, 4) is 11.1 Å². The standard InChI is InChI=1S/C18H12O.C12H9BO3.C6H5I.2CH3Br.CH4/c1-2-7-13(8-3-1)14-10-6-11-16-15-9-4-5-12-17(15)19-18(14)16;14-13(15)10-6-3-5-9-8-4-1-2-7-11(8)16-12(9)10;7-6-4-2-1-3-5-6;2*1-2;/h1-12H;1-7,14-15H;1-5H;2*1H3;1H4. The van der Waals surface area contributed by atoms with Crippen LogP contribution in [0.5, 0.6) is 0 Å². The number of hydrogen-bond acceptors (Lipinski definition) is 4. The van der Waals surface area contributed by atoms with Crippen LogP contribution in [-0.2, 0) is 0 Å². The summed E-state index contributed by atoms with van der Waals surface area (Å²) in [6.07, 6.45) is 0. The normalized spacial score (nSPS) is 9.85. The maximum atomic E-state index is 9.24. The quantitative estimate of drug-likeness (QED) is 0.103. The molecule has 0 unspecified atom stereocenters. The first-order valence-electron chi connectivity index (χ1n) is 14.3. The summed E-state index contributed by atoms with van der Waals surface area (Å²) < 4.78 is 13.0. The molecular formula is C39H36BBr2IO4. The average molecular weight is 866 g/mol. The van der Waals surface area contributed by atoms with Crippen LogP contribution >= 0.6 is 54.5 Å². The van der Waals surface area contributed by atoms with Crippen LogP contribution in [-0.4, -0.2) is 28.8 Å². The summed E-state index contributed by atoms with van der Waals surface area (Å²) in [5.41, 5.74) is 5.94. The van der Waals surface area contributed by atoms with Crippen LogP contribution in [0.3, 0.4) is 0 Å². The average Bonchev–Trinajstić information content (AvgIpc) is 3.70. The Morgan fingerprint density at radius 1 is 0.489 bits per heavy atom. The molecule has 0 aliphatic heterocycles. The van der Waals surface area contributed by atoms with Gasteiger partial charge in [-0.15, -0.1) is 0 Å². The number of halogens is 3. The first-order chi connectivity index (χ1) is 22.6. The van der Waals surface area contributed by atoms with Gasteiger partial charge in [-0.3, -0.25) is 0 Å². The van der Waals surface area contributed by atoms with Crippen molar-refractivity contribution in [3.63, 3.8) is 0 Å². The zero-order valence-corrected chi connectivity index (χ0v) is 30.6. The summed E-state index contributed by atoms with van der Waals surface area (Å²) in [6.45, 7) is 0. The fourth-order valence-electron chi connectivity index (χ4n) is 4.98. The highest BCUT2D eigenvalue weighted by Gasteiger charge is 2.18. The number of benzene rings is 6. The molecule has 0 bridgehead atoms. The highest BCUT2D eigenvalue weighted by Crippen LogP contribution is 2.35. The van der Waals surface area contributed by atoms with Gasteiger partial charge in [0.2, 0.25) is 0 Å². The predicted octanol–water partition coefficient (Wildman–Crippen LogP) is 11.5. The number of alkyl halides is 2. The van der Waals surface area contributed by atoms with Gasteiger partial charge in [0.15, 0.2) is 0 Å². The summed E-state index contributed by atoms with van der Waals surface area (Å²) in [4.78, 5) is 0. The summed E-state index contributed by atoms with van der Waals surface area (Å²) in [5.74, 6) is 3.62. The molecule has 0 atom stereocenters. The first-order valence-corrected chi connectivity index (χ1v) is 18.5. The number of fused-ring (bicyclic) bond motifs is 6. The molecule has 2 heterocycles. The molecule has 0 saturated carbocycles. The molecule has 0 radical (unpaired) electrons. The fraction of sp³-hybridized carbons (Fsp3) is 0.0769. The minimum absolute atomic E-state index is 0. The zero-order valence-electron chi connectivity index (χ0n) is 25.3. The van der Waals surface area contributed by atoms with Gasteiger partial charge in [0, 0.05) is 36.1 Å². The monoisotopic (exact) mass is 864 g/mol. The topological polar surface area (TPSA) is 66.7 Å². The van der Waals surface area contributed by atoms with Gasteiger partial charge < -0.3 is 18.9 Å². The molecule has 2 N–H and O–H groups in total. The number of para-hydroxylation sites is 4. The van der Waals surface area contributed by atoms with Crippen LogP contribution in [0, 0.1) is 3.57 Å². The molecule has 0 saturated heterocycles. The molecule has 0 spiro atoms. The van der Waals surface area contributed by atoms with Crippen LogP contribution in [0.15, 0.2) is 154 Å². The zero-order chi connectivity index (χ0) is 32.9. The molecule has 0 aliphatic carbocycles. The molecule has 6 aromatic carbocycles. The van der Waals surface area contributed by atoms with E-state index in [4.69, 9.17) is 8.83 Å². The highest BCUT2D eigenvalue weighted by molar-refractivity contribution is 14.1. The van der Waals surface area contributed by atoms with E-state index in [0.717, 1.165) is 33.1 Å². The lowest BCUT2D eigenvalue weighted by atomic mass is 9.79. The fourth-order valence-corrected chi connectivity index (χ4v) is 5.39. The second kappa shape index (κ2) is 19.4. The number of hydrogen-bond donors (Lipinski definition) is 2. The van der Waals surface area contributed by atoms with Crippen LogP contribution in [0.2, 0.25) is 0 Å². The molecular weight excluding hydrogens is 830 g/mol. The van der Waals surface area contributed by atoms with Crippen LogP contribution < -0.4 is 5.46 Å². The van der Waals surface area contributed by atoms with Gasteiger partial charge in [-0.2, -0.15) is 0 Å². The van der Waals surface area contributed by atoms with E-state index in [2.05, 4.69) is 115 Å². The third kappa shape index (κ3) is 9.36. The summed E-state index contributed by atoms with van der Waals surface area (Å²) in [7, 11) is -1.51. The third-order valence-electron chi connectivity index (χ3n) is 6.94. The van der Waals surface area contributed by atoms with Gasteiger partial charge in [0.05, 0.1) is 0 Å². The predicted molar refractivity (Wildman–Crippen MR) is 218 cm³/mol. The van der Waals surface area contributed by atoms with Gasteiger partial charge in [-0.1, -0.05) is 161 Å². The van der Waals surface area contributed by atoms with Gasteiger partial charge >= 0.3 is 7.12 Å². The van der Waals surface area contributed by atoms with E-state index in [1.54, 1.807) is 12.1 Å². The Morgan fingerprint density at radius 3 is 1.43 bits per heavy atom. The van der Waals surface area contributed by atoms with Crippen LogP contribution in [0.4, 0.5) is 0 Å². The lowest BCUT2D eigenvalue weighted by molar-refractivity contribution is 0.425. The van der Waals surface area contributed by atoms with Crippen molar-refractivity contribution >= 4 is 111 Å². The molecule has 8 heteroatoms. The molecule has 0 amide bonds. The van der Waals surface area contributed by atoms with E-state index in [9.17, 15) is 10.0 Å². The Kier molecular flexibility index (Phi) is 15.7. The van der Waals surface area contributed by atoms with Crippen LogP contribution in [0.25, 0.3) is 55.0 Å². The minimum Gasteiger partial charge on any atom is -0.456 e. The molecule has 0 aliphatic rings. The maximum Gasteiger partial charge on any atom is 0.492 e.